The van der Waals surface area contributed by atoms with Crippen LogP contribution in [0.1, 0.15) is 45.4 Å². The lowest BCUT2D eigenvalue weighted by atomic mass is 9.83. The number of hydrogen-bond acceptors (Lipinski definition) is 3. The van der Waals surface area contributed by atoms with Crippen LogP contribution in [0.2, 0.25) is 0 Å². The lowest BCUT2D eigenvalue weighted by molar-refractivity contribution is 0.319. The predicted molar refractivity (Wildman–Crippen MR) is 83.8 cm³/mol. The molecule has 20 heavy (non-hydrogen) atoms. The van der Waals surface area contributed by atoms with Crippen molar-refractivity contribution < 1.29 is 0 Å². The van der Waals surface area contributed by atoms with E-state index in [0.717, 1.165) is 17.0 Å². The third kappa shape index (κ3) is 3.09. The maximum Gasteiger partial charge on any atom is 0.0907 e. The van der Waals surface area contributed by atoms with E-state index in [1.807, 2.05) is 6.07 Å². The number of rotatable bonds is 4. The van der Waals surface area contributed by atoms with Gasteiger partial charge in [-0.2, -0.15) is 0 Å². The summed E-state index contributed by atoms with van der Waals surface area (Å²) in [5.41, 5.74) is 3.11. The van der Waals surface area contributed by atoms with Gasteiger partial charge >= 0.3 is 0 Å². The zero-order chi connectivity index (χ0) is 13.8. The molecule has 1 saturated carbocycles. The Balaban J connectivity index is 1.62. The maximum atomic E-state index is 4.37. The summed E-state index contributed by atoms with van der Waals surface area (Å²) in [7, 11) is 0. The van der Waals surface area contributed by atoms with Gasteiger partial charge in [-0.3, -0.25) is 9.97 Å². The highest BCUT2D eigenvalue weighted by molar-refractivity contribution is 5.78. The lowest BCUT2D eigenvalue weighted by Crippen LogP contribution is -2.26. The number of nitrogens with zero attached hydrogens (tertiary/aromatic N) is 2. The van der Waals surface area contributed by atoms with Crippen LogP contribution in [0.4, 0.5) is 5.69 Å². The number of anilines is 1. The van der Waals surface area contributed by atoms with Crippen molar-refractivity contribution in [3.05, 3.63) is 30.6 Å². The molecule has 1 N–H and O–H groups in total. The summed E-state index contributed by atoms with van der Waals surface area (Å²) in [6.07, 6.45) is 11.6. The van der Waals surface area contributed by atoms with Crippen LogP contribution >= 0.6 is 0 Å². The van der Waals surface area contributed by atoms with Gasteiger partial charge < -0.3 is 5.32 Å². The van der Waals surface area contributed by atoms with Crippen LogP contribution in [0.5, 0.6) is 0 Å². The van der Waals surface area contributed by atoms with Crippen molar-refractivity contribution in [2.75, 3.05) is 5.32 Å². The first kappa shape index (κ1) is 13.3. The van der Waals surface area contributed by atoms with Crippen LogP contribution in [0.15, 0.2) is 30.6 Å². The largest absolute Gasteiger partial charge is 0.382 e. The molecule has 0 unspecified atom stereocenters. The second-order valence-corrected chi connectivity index (χ2v) is 5.91. The molecule has 106 valence electrons. The monoisotopic (exact) mass is 269 g/mol. The van der Waals surface area contributed by atoms with E-state index in [-0.39, 0.29) is 0 Å². The summed E-state index contributed by atoms with van der Waals surface area (Å²) < 4.78 is 0. The van der Waals surface area contributed by atoms with E-state index in [1.54, 1.807) is 12.4 Å². The molecule has 1 aliphatic carbocycles. The SMILES string of the molecule is CCCC1CCC(Nc2ccc3nccnc3c2)CC1. The normalized spacial score (nSPS) is 22.9. The Morgan fingerprint density at radius 3 is 2.55 bits per heavy atom. The Hall–Kier alpha value is -1.64. The fourth-order valence-corrected chi connectivity index (χ4v) is 3.29. The van der Waals surface area contributed by atoms with E-state index in [2.05, 4.69) is 34.3 Å². The number of fused-ring (bicyclic) bond motifs is 1. The van der Waals surface area contributed by atoms with Gasteiger partial charge in [-0.1, -0.05) is 19.8 Å². The van der Waals surface area contributed by atoms with E-state index >= 15 is 0 Å². The number of hydrogen-bond donors (Lipinski definition) is 1. The molecule has 3 rings (SSSR count). The van der Waals surface area contributed by atoms with Gasteiger partial charge in [0.05, 0.1) is 11.0 Å². The van der Waals surface area contributed by atoms with Gasteiger partial charge in [-0.05, 0) is 49.8 Å². The standard InChI is InChI=1S/C17H23N3/c1-2-3-13-4-6-14(7-5-13)20-15-8-9-16-17(12-15)19-11-10-18-16/h8-14,20H,2-7H2,1H3. The second-order valence-electron chi connectivity index (χ2n) is 5.91. The van der Waals surface area contributed by atoms with Gasteiger partial charge in [0.25, 0.3) is 0 Å². The van der Waals surface area contributed by atoms with Crippen LogP contribution in [-0.2, 0) is 0 Å². The van der Waals surface area contributed by atoms with Gasteiger partial charge in [-0.15, -0.1) is 0 Å². The molecule has 1 aliphatic rings. The fourth-order valence-electron chi connectivity index (χ4n) is 3.29. The highest BCUT2D eigenvalue weighted by atomic mass is 14.9. The summed E-state index contributed by atoms with van der Waals surface area (Å²) in [5, 5.41) is 3.67. The first-order valence-electron chi connectivity index (χ1n) is 7.82. The molecule has 1 fully saturated rings. The predicted octanol–water partition coefficient (Wildman–Crippen LogP) is 4.40. The molecule has 3 heteroatoms. The molecule has 0 radical (unpaired) electrons. The zero-order valence-corrected chi connectivity index (χ0v) is 12.2. The molecule has 3 nitrogen and oxygen atoms in total. The number of nitrogens with one attached hydrogen (secondary N) is 1. The molecule has 0 saturated heterocycles. The maximum absolute atomic E-state index is 4.37. The van der Waals surface area contributed by atoms with Crippen LogP contribution in [-0.4, -0.2) is 16.0 Å². The molecule has 0 bridgehead atoms. The molecule has 0 atom stereocenters. The minimum Gasteiger partial charge on any atom is -0.382 e. The van der Waals surface area contributed by atoms with E-state index in [9.17, 15) is 0 Å². The van der Waals surface area contributed by atoms with E-state index < -0.39 is 0 Å². The highest BCUT2D eigenvalue weighted by Gasteiger charge is 2.20. The van der Waals surface area contributed by atoms with Crippen LogP contribution in [0, 0.1) is 5.92 Å². The summed E-state index contributed by atoms with van der Waals surface area (Å²) >= 11 is 0. The third-order valence-corrected chi connectivity index (χ3v) is 4.38. The molecule has 0 aliphatic heterocycles. The summed E-state index contributed by atoms with van der Waals surface area (Å²) in [6, 6.07) is 6.90. The second kappa shape index (κ2) is 6.21. The molecule has 1 aromatic heterocycles. The first-order valence-corrected chi connectivity index (χ1v) is 7.82. The van der Waals surface area contributed by atoms with Crippen molar-refractivity contribution in [1.82, 2.24) is 9.97 Å². The third-order valence-electron chi connectivity index (χ3n) is 4.38. The van der Waals surface area contributed by atoms with Gasteiger partial charge in [-0.25, -0.2) is 0 Å². The van der Waals surface area contributed by atoms with Gasteiger partial charge in [0.15, 0.2) is 0 Å². The summed E-state index contributed by atoms with van der Waals surface area (Å²) in [4.78, 5) is 8.68. The van der Waals surface area contributed by atoms with Crippen LogP contribution in [0.3, 0.4) is 0 Å². The van der Waals surface area contributed by atoms with E-state index in [0.29, 0.717) is 6.04 Å². The summed E-state index contributed by atoms with van der Waals surface area (Å²) in [5.74, 6) is 0.959. The number of aromatic nitrogens is 2. The Morgan fingerprint density at radius 2 is 1.80 bits per heavy atom. The van der Waals surface area contributed by atoms with Crippen molar-refractivity contribution in [3.8, 4) is 0 Å². The quantitative estimate of drug-likeness (QED) is 0.894. The smallest absolute Gasteiger partial charge is 0.0907 e. The van der Waals surface area contributed by atoms with Gasteiger partial charge in [0, 0.05) is 24.1 Å². The lowest BCUT2D eigenvalue weighted by Gasteiger charge is -2.29. The Kier molecular flexibility index (Phi) is 4.14. The van der Waals surface area contributed by atoms with Gasteiger partial charge in [0.2, 0.25) is 0 Å². The fraction of sp³-hybridized carbons (Fsp3) is 0.529. The van der Waals surface area contributed by atoms with Crippen molar-refractivity contribution >= 4 is 16.7 Å². The molecule has 0 amide bonds. The molecular formula is C17H23N3. The first-order chi connectivity index (χ1) is 9.85. The molecule has 0 spiro atoms. The highest BCUT2D eigenvalue weighted by Crippen LogP contribution is 2.29. The molecule has 2 aromatic rings. The van der Waals surface area contributed by atoms with E-state index in [1.165, 1.54) is 44.2 Å². The summed E-state index contributed by atoms with van der Waals surface area (Å²) in [6.45, 7) is 2.29. The topological polar surface area (TPSA) is 37.8 Å². The molecular weight excluding hydrogens is 246 g/mol. The van der Waals surface area contributed by atoms with Crippen molar-refractivity contribution in [1.29, 1.82) is 0 Å². The number of benzene rings is 1. The van der Waals surface area contributed by atoms with Crippen molar-refractivity contribution in [2.45, 2.75) is 51.5 Å². The van der Waals surface area contributed by atoms with Crippen LogP contribution in [0.25, 0.3) is 11.0 Å². The minimum absolute atomic E-state index is 0.622. The van der Waals surface area contributed by atoms with Crippen LogP contribution < -0.4 is 5.32 Å². The van der Waals surface area contributed by atoms with E-state index in [4.69, 9.17) is 0 Å². The average Bonchev–Trinajstić information content (AvgIpc) is 2.49. The zero-order valence-electron chi connectivity index (χ0n) is 12.2. The average molecular weight is 269 g/mol. The minimum atomic E-state index is 0.622. The van der Waals surface area contributed by atoms with Crippen molar-refractivity contribution in [3.63, 3.8) is 0 Å². The molecule has 1 aromatic carbocycles. The molecule has 1 heterocycles. The Bertz CT molecular complexity index is 559. The van der Waals surface area contributed by atoms with Gasteiger partial charge in [0.1, 0.15) is 0 Å². The Labute approximate surface area is 120 Å². The van der Waals surface area contributed by atoms with Crippen molar-refractivity contribution in [2.24, 2.45) is 5.92 Å². The Morgan fingerprint density at radius 1 is 1.05 bits per heavy atom.